The number of hydrogen-bond donors (Lipinski definition) is 0. The Balaban J connectivity index is 2.29. The maximum absolute atomic E-state index is 2.27. The molecule has 0 radical (unpaired) electrons. The lowest BCUT2D eigenvalue weighted by Crippen LogP contribution is -2.22. The molecule has 0 fully saturated rings. The number of pyridine rings is 2. The van der Waals surface area contributed by atoms with Crippen molar-refractivity contribution in [3.63, 3.8) is 0 Å². The van der Waals surface area contributed by atoms with Crippen LogP contribution in [0.15, 0.2) is 66.9 Å². The fraction of sp³-hybridized carbons (Fsp3) is 0.0556. The Hall–Kier alpha value is -2.41. The number of rotatable bonds is 0. The quantitative estimate of drug-likeness (QED) is 0.325. The smallest absolute Gasteiger partial charge is 0.160 e. The van der Waals surface area contributed by atoms with Crippen molar-refractivity contribution < 1.29 is 4.40 Å². The lowest BCUT2D eigenvalue weighted by atomic mass is 10.0. The molecule has 0 atom stereocenters. The van der Waals surface area contributed by atoms with Crippen LogP contribution in [0.25, 0.3) is 27.2 Å². The number of aromatic nitrogens is 1. The summed E-state index contributed by atoms with van der Waals surface area (Å²) in [5.74, 6) is 0. The Bertz CT molecular complexity index is 922. The highest BCUT2D eigenvalue weighted by Gasteiger charge is 2.11. The van der Waals surface area contributed by atoms with Crippen LogP contribution < -0.4 is 4.40 Å². The first-order valence-electron chi connectivity index (χ1n) is 6.56. The lowest BCUT2D eigenvalue weighted by Gasteiger charge is -2.03. The second kappa shape index (κ2) is 3.79. The summed E-state index contributed by atoms with van der Waals surface area (Å²) in [4.78, 5) is 0. The van der Waals surface area contributed by atoms with E-state index in [4.69, 9.17) is 0 Å². The van der Waals surface area contributed by atoms with Gasteiger partial charge in [0, 0.05) is 23.8 Å². The molecule has 0 spiro atoms. The van der Waals surface area contributed by atoms with Crippen LogP contribution in [0.1, 0.15) is 5.56 Å². The Morgan fingerprint density at radius 1 is 0.684 bits per heavy atom. The maximum atomic E-state index is 2.27. The van der Waals surface area contributed by atoms with E-state index in [9.17, 15) is 0 Å². The predicted molar refractivity (Wildman–Crippen MR) is 79.4 cm³/mol. The molecular weight excluding hydrogens is 230 g/mol. The third kappa shape index (κ3) is 1.45. The Morgan fingerprint density at radius 3 is 2.47 bits per heavy atom. The van der Waals surface area contributed by atoms with Crippen LogP contribution in [0.5, 0.6) is 0 Å². The molecule has 2 aromatic carbocycles. The van der Waals surface area contributed by atoms with Gasteiger partial charge in [-0.05, 0) is 35.9 Å². The highest BCUT2D eigenvalue weighted by atomic mass is 14.9. The molecule has 4 rings (SSSR count). The van der Waals surface area contributed by atoms with E-state index >= 15 is 0 Å². The van der Waals surface area contributed by atoms with Crippen molar-refractivity contribution in [1.82, 2.24) is 0 Å². The zero-order valence-electron chi connectivity index (χ0n) is 10.8. The molecule has 2 aromatic heterocycles. The Kier molecular flexibility index (Phi) is 2.10. The highest BCUT2D eigenvalue weighted by molar-refractivity contribution is 6.05. The van der Waals surface area contributed by atoms with Crippen molar-refractivity contribution >= 4 is 27.2 Å². The first-order valence-corrected chi connectivity index (χ1v) is 6.56. The van der Waals surface area contributed by atoms with Gasteiger partial charge in [0.1, 0.15) is 0 Å². The molecule has 0 aliphatic carbocycles. The van der Waals surface area contributed by atoms with E-state index < -0.39 is 0 Å². The van der Waals surface area contributed by atoms with E-state index in [1.54, 1.807) is 0 Å². The van der Waals surface area contributed by atoms with Gasteiger partial charge in [-0.3, -0.25) is 0 Å². The van der Waals surface area contributed by atoms with Crippen molar-refractivity contribution in [3.8, 4) is 0 Å². The summed E-state index contributed by atoms with van der Waals surface area (Å²) in [7, 11) is 0. The van der Waals surface area contributed by atoms with E-state index in [1.165, 1.54) is 32.8 Å². The molecule has 90 valence electrons. The minimum atomic E-state index is 1.26. The third-order valence-corrected chi connectivity index (χ3v) is 3.86. The van der Waals surface area contributed by atoms with Gasteiger partial charge in [0.05, 0.1) is 5.39 Å². The van der Waals surface area contributed by atoms with Crippen molar-refractivity contribution in [2.24, 2.45) is 0 Å². The number of aryl methyl sites for hydroxylation is 1. The average molecular weight is 244 g/mol. The van der Waals surface area contributed by atoms with Crippen LogP contribution in [0.2, 0.25) is 0 Å². The summed E-state index contributed by atoms with van der Waals surface area (Å²) in [6.07, 6.45) is 2.14. The molecule has 2 heterocycles. The molecular formula is C18H14N+. The van der Waals surface area contributed by atoms with Gasteiger partial charge in [0.15, 0.2) is 6.20 Å². The van der Waals surface area contributed by atoms with Gasteiger partial charge in [0.25, 0.3) is 0 Å². The van der Waals surface area contributed by atoms with Crippen molar-refractivity contribution in [2.75, 3.05) is 0 Å². The van der Waals surface area contributed by atoms with Crippen LogP contribution in [-0.2, 0) is 0 Å². The summed E-state index contributed by atoms with van der Waals surface area (Å²) in [6.45, 7) is 2.15. The molecule has 0 N–H and O–H groups in total. The second-order valence-electron chi connectivity index (χ2n) is 5.00. The SMILES string of the molecule is Cc1ccc[n+]2c1ccc1c3ccccc3ccc12. The lowest BCUT2D eigenvalue weighted by molar-refractivity contribution is -0.481. The third-order valence-electron chi connectivity index (χ3n) is 3.86. The van der Waals surface area contributed by atoms with Crippen molar-refractivity contribution in [2.45, 2.75) is 6.92 Å². The number of fused-ring (bicyclic) bond motifs is 5. The summed E-state index contributed by atoms with van der Waals surface area (Å²) < 4.78 is 2.27. The van der Waals surface area contributed by atoms with Gasteiger partial charge in [-0.15, -0.1) is 0 Å². The highest BCUT2D eigenvalue weighted by Crippen LogP contribution is 2.24. The van der Waals surface area contributed by atoms with Gasteiger partial charge in [0.2, 0.25) is 11.0 Å². The Morgan fingerprint density at radius 2 is 1.53 bits per heavy atom. The molecule has 0 amide bonds. The molecule has 1 heteroatoms. The van der Waals surface area contributed by atoms with Gasteiger partial charge >= 0.3 is 0 Å². The molecule has 4 aromatic rings. The minimum absolute atomic E-state index is 1.26. The fourth-order valence-electron chi connectivity index (χ4n) is 2.88. The van der Waals surface area contributed by atoms with Crippen LogP contribution in [0.3, 0.4) is 0 Å². The summed E-state index contributed by atoms with van der Waals surface area (Å²) >= 11 is 0. The molecule has 19 heavy (non-hydrogen) atoms. The maximum Gasteiger partial charge on any atom is 0.219 e. The molecule has 0 saturated carbocycles. The zero-order chi connectivity index (χ0) is 12.8. The first-order chi connectivity index (χ1) is 9.34. The van der Waals surface area contributed by atoms with Crippen LogP contribution >= 0.6 is 0 Å². The van der Waals surface area contributed by atoms with Crippen LogP contribution in [-0.4, -0.2) is 0 Å². The summed E-state index contributed by atoms with van der Waals surface area (Å²) in [5.41, 5.74) is 3.84. The van der Waals surface area contributed by atoms with Crippen LogP contribution in [0.4, 0.5) is 0 Å². The largest absolute Gasteiger partial charge is 0.219 e. The van der Waals surface area contributed by atoms with E-state index in [0.717, 1.165) is 0 Å². The molecule has 1 nitrogen and oxygen atoms in total. The van der Waals surface area contributed by atoms with Gasteiger partial charge in [-0.25, -0.2) is 0 Å². The van der Waals surface area contributed by atoms with Crippen molar-refractivity contribution in [3.05, 3.63) is 72.4 Å². The standard InChI is InChI=1S/C18H14N/c1-13-5-4-12-19-17(13)11-9-16-15-7-3-2-6-14(15)8-10-18(16)19/h2-12H,1H3/q+1. The van der Waals surface area contributed by atoms with E-state index in [1.807, 2.05) is 0 Å². The van der Waals surface area contributed by atoms with E-state index in [0.29, 0.717) is 0 Å². The number of nitrogens with zero attached hydrogens (tertiary/aromatic N) is 1. The Labute approximate surface area is 111 Å². The first kappa shape index (κ1) is 10.5. The van der Waals surface area contributed by atoms with E-state index in [-0.39, 0.29) is 0 Å². The molecule has 0 bridgehead atoms. The molecule has 0 saturated heterocycles. The monoisotopic (exact) mass is 244 g/mol. The molecule has 0 aliphatic heterocycles. The van der Waals surface area contributed by atoms with Gasteiger partial charge in [-0.2, -0.15) is 4.40 Å². The normalized spacial score (nSPS) is 11.4. The summed E-state index contributed by atoms with van der Waals surface area (Å²) in [6, 6.07) is 21.7. The van der Waals surface area contributed by atoms with Crippen LogP contribution in [0, 0.1) is 6.92 Å². The zero-order valence-corrected chi connectivity index (χ0v) is 10.8. The molecule has 0 unspecified atom stereocenters. The number of benzene rings is 2. The fourth-order valence-corrected chi connectivity index (χ4v) is 2.88. The average Bonchev–Trinajstić information content (AvgIpc) is 2.47. The second-order valence-corrected chi connectivity index (χ2v) is 5.00. The topological polar surface area (TPSA) is 4.10 Å². The van der Waals surface area contributed by atoms with Crippen molar-refractivity contribution in [1.29, 1.82) is 0 Å². The minimum Gasteiger partial charge on any atom is -0.160 e. The van der Waals surface area contributed by atoms with Gasteiger partial charge in [-0.1, -0.05) is 24.3 Å². The molecule has 0 aliphatic rings. The van der Waals surface area contributed by atoms with Gasteiger partial charge < -0.3 is 0 Å². The summed E-state index contributed by atoms with van der Waals surface area (Å²) in [5, 5.41) is 3.92. The predicted octanol–water partition coefficient (Wildman–Crippen LogP) is 4.04. The number of hydrogen-bond acceptors (Lipinski definition) is 0. The van der Waals surface area contributed by atoms with E-state index in [2.05, 4.69) is 78.2 Å².